The zero-order valence-electron chi connectivity index (χ0n) is 20.7. The summed E-state index contributed by atoms with van der Waals surface area (Å²) in [6, 6.07) is 14.0. The number of carboxylic acid groups (broad SMARTS) is 1. The Labute approximate surface area is 206 Å². The van der Waals surface area contributed by atoms with Gasteiger partial charge in [0.1, 0.15) is 18.7 Å². The summed E-state index contributed by atoms with van der Waals surface area (Å²) in [6.45, 7) is 5.70. The fourth-order valence-corrected chi connectivity index (χ4v) is 4.37. The van der Waals surface area contributed by atoms with Gasteiger partial charge in [-0.1, -0.05) is 69.3 Å². The molecule has 8 nitrogen and oxygen atoms in total. The van der Waals surface area contributed by atoms with Crippen LogP contribution in [0.15, 0.2) is 48.5 Å². The molecule has 35 heavy (non-hydrogen) atoms. The number of carbonyl (C=O) groups is 3. The topological polar surface area (TPSA) is 114 Å². The van der Waals surface area contributed by atoms with Crippen LogP contribution >= 0.6 is 0 Å². The molecule has 0 radical (unpaired) electrons. The van der Waals surface area contributed by atoms with Crippen molar-refractivity contribution in [3.63, 3.8) is 0 Å². The zero-order chi connectivity index (χ0) is 25.6. The number of carboxylic acids is 1. The van der Waals surface area contributed by atoms with Gasteiger partial charge in [0.25, 0.3) is 0 Å². The highest BCUT2D eigenvalue weighted by Gasteiger charge is 2.35. The van der Waals surface area contributed by atoms with Crippen LogP contribution < -0.4 is 10.6 Å². The van der Waals surface area contributed by atoms with Crippen LogP contribution in [0.3, 0.4) is 0 Å². The van der Waals surface area contributed by atoms with E-state index >= 15 is 0 Å². The molecule has 0 bridgehead atoms. The van der Waals surface area contributed by atoms with Crippen LogP contribution in [0.1, 0.15) is 50.7 Å². The van der Waals surface area contributed by atoms with E-state index in [9.17, 15) is 19.5 Å². The third kappa shape index (κ3) is 6.39. The van der Waals surface area contributed by atoms with Crippen molar-refractivity contribution in [2.24, 2.45) is 5.41 Å². The molecule has 2 aromatic carbocycles. The highest BCUT2D eigenvalue weighted by Crippen LogP contribution is 2.44. The van der Waals surface area contributed by atoms with E-state index < -0.39 is 35.5 Å². The van der Waals surface area contributed by atoms with E-state index in [1.165, 1.54) is 0 Å². The Kier molecular flexibility index (Phi) is 8.51. The summed E-state index contributed by atoms with van der Waals surface area (Å²) in [5.41, 5.74) is 3.71. The normalized spacial score (nSPS) is 14.4. The van der Waals surface area contributed by atoms with Crippen molar-refractivity contribution in [3.05, 3.63) is 59.7 Å². The minimum Gasteiger partial charge on any atom is -0.480 e. The molecule has 188 valence electrons. The lowest BCUT2D eigenvalue weighted by Crippen LogP contribution is -2.55. The second-order valence-electron chi connectivity index (χ2n) is 9.80. The van der Waals surface area contributed by atoms with Crippen LogP contribution in [0.4, 0.5) is 4.79 Å². The third-order valence-corrected chi connectivity index (χ3v) is 6.19. The van der Waals surface area contributed by atoms with Gasteiger partial charge in [0.15, 0.2) is 0 Å². The molecule has 1 aliphatic rings. The van der Waals surface area contributed by atoms with Gasteiger partial charge in [-0.25, -0.2) is 9.59 Å². The van der Waals surface area contributed by atoms with Crippen molar-refractivity contribution < 1.29 is 29.0 Å². The first-order valence-corrected chi connectivity index (χ1v) is 11.8. The maximum atomic E-state index is 12.9. The van der Waals surface area contributed by atoms with E-state index in [0.29, 0.717) is 13.0 Å². The Morgan fingerprint density at radius 2 is 1.54 bits per heavy atom. The molecule has 2 atom stereocenters. The Bertz CT molecular complexity index is 1020. The average Bonchev–Trinajstić information content (AvgIpc) is 3.13. The summed E-state index contributed by atoms with van der Waals surface area (Å²) in [5.74, 6) is -1.81. The number of benzene rings is 2. The van der Waals surface area contributed by atoms with Gasteiger partial charge in [-0.2, -0.15) is 0 Å². The van der Waals surface area contributed by atoms with Crippen LogP contribution in [-0.4, -0.2) is 55.5 Å². The summed E-state index contributed by atoms with van der Waals surface area (Å²) in [5, 5.41) is 14.7. The van der Waals surface area contributed by atoms with Crippen molar-refractivity contribution in [2.45, 2.75) is 51.6 Å². The van der Waals surface area contributed by atoms with Gasteiger partial charge in [-0.3, -0.25) is 4.79 Å². The predicted octanol–water partition coefficient (Wildman–Crippen LogP) is 3.94. The van der Waals surface area contributed by atoms with Crippen LogP contribution in [0.2, 0.25) is 0 Å². The Morgan fingerprint density at radius 1 is 0.971 bits per heavy atom. The van der Waals surface area contributed by atoms with Crippen molar-refractivity contribution in [3.8, 4) is 11.1 Å². The fraction of sp³-hybridized carbons (Fsp3) is 0.444. The highest BCUT2D eigenvalue weighted by molar-refractivity contribution is 5.89. The molecule has 3 rings (SSSR count). The number of nitrogens with one attached hydrogen (secondary N) is 2. The molecule has 0 saturated carbocycles. The largest absolute Gasteiger partial charge is 0.480 e. The van der Waals surface area contributed by atoms with Crippen molar-refractivity contribution in [1.82, 2.24) is 10.6 Å². The van der Waals surface area contributed by atoms with Crippen LogP contribution in [0.5, 0.6) is 0 Å². The molecule has 0 saturated heterocycles. The van der Waals surface area contributed by atoms with E-state index in [0.717, 1.165) is 22.3 Å². The summed E-state index contributed by atoms with van der Waals surface area (Å²) < 4.78 is 10.6. The molecule has 0 aromatic heterocycles. The monoisotopic (exact) mass is 482 g/mol. The molecular formula is C27H34N2O6. The molecule has 2 amide bonds. The highest BCUT2D eigenvalue weighted by atomic mass is 16.5. The smallest absolute Gasteiger partial charge is 0.407 e. The molecular weight excluding hydrogens is 448 g/mol. The van der Waals surface area contributed by atoms with Gasteiger partial charge in [0.05, 0.1) is 0 Å². The minimum atomic E-state index is -1.14. The summed E-state index contributed by atoms with van der Waals surface area (Å²) >= 11 is 0. The molecule has 0 fully saturated rings. The third-order valence-electron chi connectivity index (χ3n) is 6.19. The van der Waals surface area contributed by atoms with E-state index in [1.54, 1.807) is 27.9 Å². The van der Waals surface area contributed by atoms with Crippen LogP contribution in [-0.2, 0) is 19.1 Å². The van der Waals surface area contributed by atoms with Gasteiger partial charge in [-0.05, 0) is 40.5 Å². The quantitative estimate of drug-likeness (QED) is 0.442. The first kappa shape index (κ1) is 26.2. The standard InChI is InChI=1S/C27H34N2O6/c1-27(2,3)23(25(31)32)29-24(30)22(14-9-15-34-4)28-26(33)35-16-21-19-12-7-5-10-17(19)18-11-6-8-13-20(18)21/h5-8,10-13,21-23H,9,14-16H2,1-4H3,(H,28,33)(H,29,30)(H,31,32)/t22?,23-/m1/s1. The molecule has 1 aliphatic carbocycles. The number of hydrogen-bond acceptors (Lipinski definition) is 5. The lowest BCUT2D eigenvalue weighted by atomic mass is 9.86. The average molecular weight is 483 g/mol. The molecule has 0 heterocycles. The van der Waals surface area contributed by atoms with Gasteiger partial charge in [0, 0.05) is 19.6 Å². The number of fused-ring (bicyclic) bond motifs is 3. The number of methoxy groups -OCH3 is 1. The van der Waals surface area contributed by atoms with E-state index in [4.69, 9.17) is 9.47 Å². The van der Waals surface area contributed by atoms with Gasteiger partial charge in [0.2, 0.25) is 5.91 Å². The number of alkyl carbamates (subject to hydrolysis) is 1. The van der Waals surface area contributed by atoms with Gasteiger partial charge in [-0.15, -0.1) is 0 Å². The van der Waals surface area contributed by atoms with Gasteiger partial charge >= 0.3 is 12.1 Å². The Morgan fingerprint density at radius 3 is 2.06 bits per heavy atom. The van der Waals surface area contributed by atoms with Crippen molar-refractivity contribution in [2.75, 3.05) is 20.3 Å². The maximum Gasteiger partial charge on any atom is 0.407 e. The number of ether oxygens (including phenoxy) is 2. The Balaban J connectivity index is 1.68. The van der Waals surface area contributed by atoms with Crippen molar-refractivity contribution in [1.29, 1.82) is 0 Å². The second kappa shape index (κ2) is 11.4. The molecule has 2 aromatic rings. The fourth-order valence-electron chi connectivity index (χ4n) is 4.37. The first-order valence-electron chi connectivity index (χ1n) is 11.8. The second-order valence-corrected chi connectivity index (χ2v) is 9.80. The minimum absolute atomic E-state index is 0.105. The molecule has 0 spiro atoms. The number of carbonyl (C=O) groups excluding carboxylic acids is 2. The SMILES string of the molecule is COCCCC(NC(=O)OCC1c2ccccc2-c2ccccc21)C(=O)N[C@H](C(=O)O)C(C)(C)C. The zero-order valence-corrected chi connectivity index (χ0v) is 20.7. The van der Waals surface area contributed by atoms with E-state index in [1.807, 2.05) is 36.4 Å². The summed E-state index contributed by atoms with van der Waals surface area (Å²) in [7, 11) is 1.55. The molecule has 0 aliphatic heterocycles. The lowest BCUT2D eigenvalue weighted by Gasteiger charge is -2.29. The molecule has 3 N–H and O–H groups in total. The lowest BCUT2D eigenvalue weighted by molar-refractivity contribution is -0.145. The predicted molar refractivity (Wildman–Crippen MR) is 132 cm³/mol. The number of hydrogen-bond donors (Lipinski definition) is 3. The number of aliphatic carboxylic acids is 1. The summed E-state index contributed by atoms with van der Waals surface area (Å²) in [4.78, 5) is 37.4. The maximum absolute atomic E-state index is 12.9. The molecule has 8 heteroatoms. The first-order chi connectivity index (χ1) is 16.6. The van der Waals surface area contributed by atoms with Crippen molar-refractivity contribution >= 4 is 18.0 Å². The van der Waals surface area contributed by atoms with Crippen LogP contribution in [0.25, 0.3) is 11.1 Å². The van der Waals surface area contributed by atoms with E-state index in [-0.39, 0.29) is 18.9 Å². The molecule has 1 unspecified atom stereocenters. The Hall–Kier alpha value is -3.39. The van der Waals surface area contributed by atoms with Crippen LogP contribution in [0, 0.1) is 5.41 Å². The number of rotatable bonds is 10. The number of amides is 2. The van der Waals surface area contributed by atoms with E-state index in [2.05, 4.69) is 22.8 Å². The summed E-state index contributed by atoms with van der Waals surface area (Å²) in [6.07, 6.45) is 0.0540. The van der Waals surface area contributed by atoms with Gasteiger partial charge < -0.3 is 25.2 Å².